The summed E-state index contributed by atoms with van der Waals surface area (Å²) in [4.78, 5) is 0. The molecule has 0 N–H and O–H groups in total. The van der Waals surface area contributed by atoms with E-state index in [4.69, 9.17) is 0 Å². The van der Waals surface area contributed by atoms with Crippen molar-refractivity contribution in [3.05, 3.63) is 109 Å². The van der Waals surface area contributed by atoms with E-state index in [1.807, 2.05) is 6.66 Å². The molecule has 0 saturated heterocycles. The summed E-state index contributed by atoms with van der Waals surface area (Å²) in [5.41, 5.74) is 7.56. The number of hydrogen-bond donors (Lipinski definition) is 0. The molecule has 0 radical (unpaired) electrons. The number of hydrogen-bond acceptors (Lipinski definition) is 0. The average molecular weight is 391 g/mol. The fourth-order valence-corrected chi connectivity index (χ4v) is 3.18. The Labute approximate surface area is 170 Å². The Balaban J connectivity index is 0.000000844. The molecule has 27 heavy (non-hydrogen) atoms. The largest absolute Gasteiger partial charge is 0.147 e. The zero-order valence-corrected chi connectivity index (χ0v) is 17.3. The molecule has 0 aliphatic carbocycles. The van der Waals surface area contributed by atoms with Gasteiger partial charge >= 0.3 is 0 Å². The Hall–Kier alpha value is -2.40. The van der Waals surface area contributed by atoms with Crippen LogP contribution in [-0.4, -0.2) is 6.66 Å². The minimum atomic E-state index is 0. The van der Waals surface area contributed by atoms with E-state index < -0.39 is 0 Å². The molecule has 136 valence electrons. The lowest BCUT2D eigenvalue weighted by Crippen LogP contribution is -1.90. The highest BCUT2D eigenvalue weighted by molar-refractivity contribution is 7.15. The molecule has 4 rings (SSSR count). The number of halogens is 1. The van der Waals surface area contributed by atoms with E-state index in [0.717, 1.165) is 0 Å². The monoisotopic (exact) mass is 390 g/mol. The second-order valence-corrected chi connectivity index (χ2v) is 5.83. The normalized spacial score (nSPS) is 9.56. The smallest absolute Gasteiger partial charge is 0.00268 e. The minimum Gasteiger partial charge on any atom is -0.147 e. The summed E-state index contributed by atoms with van der Waals surface area (Å²) in [6.45, 7) is 1.92. The van der Waals surface area contributed by atoms with Gasteiger partial charge in [0.05, 0.1) is 0 Å². The van der Waals surface area contributed by atoms with Gasteiger partial charge in [0.25, 0.3) is 0 Å². The van der Waals surface area contributed by atoms with Gasteiger partial charge in [-0.15, -0.1) is 21.6 Å². The maximum atomic E-state index is 2.42. The third-order valence-electron chi connectivity index (χ3n) is 4.30. The zero-order chi connectivity index (χ0) is 18.2. The van der Waals surface area contributed by atoms with Crippen LogP contribution in [0.15, 0.2) is 109 Å². The minimum absolute atomic E-state index is 0. The predicted octanol–water partition coefficient (Wildman–Crippen LogP) is 7.60. The first kappa shape index (κ1) is 20.9. The summed E-state index contributed by atoms with van der Waals surface area (Å²) in [7, 11) is 2.42. The molecule has 0 aromatic heterocycles. The van der Waals surface area contributed by atoms with E-state index in [-0.39, 0.29) is 12.4 Å². The fourth-order valence-electron chi connectivity index (χ4n) is 3.18. The Kier molecular flexibility index (Phi) is 8.27. The standard InChI is InChI=1S/C24H18.CH5P.ClH/c1-4-11-19(12-5-1)22-17-10-18-23(20-13-6-2-7-14-20)24(22)21-15-8-3-9-16-21;1-2;/h1-18H;2H2,1H3;1H. The van der Waals surface area contributed by atoms with Crippen molar-refractivity contribution in [2.24, 2.45) is 0 Å². The van der Waals surface area contributed by atoms with Crippen LogP contribution in [0.2, 0.25) is 0 Å². The molecule has 0 spiro atoms. The molecule has 0 aliphatic heterocycles. The van der Waals surface area contributed by atoms with Crippen LogP contribution in [-0.2, 0) is 0 Å². The van der Waals surface area contributed by atoms with Crippen molar-refractivity contribution in [3.63, 3.8) is 0 Å². The highest BCUT2D eigenvalue weighted by atomic mass is 35.5. The second kappa shape index (κ2) is 10.7. The van der Waals surface area contributed by atoms with Gasteiger partial charge in [0.1, 0.15) is 0 Å². The van der Waals surface area contributed by atoms with Crippen molar-refractivity contribution in [3.8, 4) is 33.4 Å². The van der Waals surface area contributed by atoms with Gasteiger partial charge in [-0.3, -0.25) is 0 Å². The molecular weight excluding hydrogens is 367 g/mol. The first-order valence-electron chi connectivity index (χ1n) is 8.80. The molecule has 0 nitrogen and oxygen atoms in total. The van der Waals surface area contributed by atoms with Crippen LogP contribution < -0.4 is 0 Å². The predicted molar refractivity (Wildman–Crippen MR) is 126 cm³/mol. The lowest BCUT2D eigenvalue weighted by atomic mass is 9.88. The van der Waals surface area contributed by atoms with Gasteiger partial charge in [-0.2, -0.15) is 0 Å². The zero-order valence-electron chi connectivity index (χ0n) is 15.4. The van der Waals surface area contributed by atoms with Gasteiger partial charge in [-0.1, -0.05) is 116 Å². The van der Waals surface area contributed by atoms with Gasteiger partial charge in [0, 0.05) is 0 Å². The van der Waals surface area contributed by atoms with Crippen molar-refractivity contribution < 1.29 is 0 Å². The molecule has 0 fully saturated rings. The molecular formula is C25H24ClP. The molecule has 0 aliphatic rings. The summed E-state index contributed by atoms with van der Waals surface area (Å²) < 4.78 is 0. The maximum Gasteiger partial charge on any atom is -0.00268 e. The molecule has 0 bridgehead atoms. The summed E-state index contributed by atoms with van der Waals surface area (Å²) >= 11 is 0. The van der Waals surface area contributed by atoms with Gasteiger partial charge < -0.3 is 0 Å². The Morgan fingerprint density at radius 3 is 1.11 bits per heavy atom. The third kappa shape index (κ3) is 4.86. The Morgan fingerprint density at radius 1 is 0.407 bits per heavy atom. The van der Waals surface area contributed by atoms with Gasteiger partial charge in [-0.05, 0) is 33.4 Å². The van der Waals surface area contributed by atoms with Crippen molar-refractivity contribution >= 4 is 21.6 Å². The van der Waals surface area contributed by atoms with Crippen molar-refractivity contribution in [1.29, 1.82) is 0 Å². The first-order valence-corrected chi connectivity index (χ1v) is 9.96. The second-order valence-electron chi connectivity index (χ2n) is 5.83. The quantitative estimate of drug-likeness (QED) is 0.316. The molecule has 0 saturated carbocycles. The van der Waals surface area contributed by atoms with E-state index in [0.29, 0.717) is 0 Å². The summed E-state index contributed by atoms with van der Waals surface area (Å²) in [6, 6.07) is 38.4. The van der Waals surface area contributed by atoms with E-state index in [9.17, 15) is 0 Å². The molecule has 0 heterocycles. The lowest BCUT2D eigenvalue weighted by molar-refractivity contribution is 1.56. The SMILES string of the molecule is CP.Cl.c1ccc(-c2cccc(-c3ccccc3)c2-c2ccccc2)cc1. The first-order chi connectivity index (χ1) is 12.9. The molecule has 4 aromatic carbocycles. The van der Waals surface area contributed by atoms with Crippen LogP contribution in [0.25, 0.3) is 33.4 Å². The van der Waals surface area contributed by atoms with Crippen LogP contribution >= 0.6 is 21.6 Å². The summed E-state index contributed by atoms with van der Waals surface area (Å²) in [5, 5.41) is 0. The Bertz CT molecular complexity index is 878. The topological polar surface area (TPSA) is 0 Å². The molecule has 4 aromatic rings. The molecule has 2 heteroatoms. The van der Waals surface area contributed by atoms with Crippen molar-refractivity contribution in [2.45, 2.75) is 0 Å². The lowest BCUT2D eigenvalue weighted by Gasteiger charge is -2.16. The maximum absolute atomic E-state index is 2.42. The van der Waals surface area contributed by atoms with Gasteiger partial charge in [0.2, 0.25) is 0 Å². The van der Waals surface area contributed by atoms with E-state index in [1.165, 1.54) is 33.4 Å². The van der Waals surface area contributed by atoms with Crippen LogP contribution in [0.3, 0.4) is 0 Å². The Morgan fingerprint density at radius 2 is 0.741 bits per heavy atom. The molecule has 1 atom stereocenters. The average Bonchev–Trinajstić information content (AvgIpc) is 2.76. The van der Waals surface area contributed by atoms with Crippen LogP contribution in [0.4, 0.5) is 0 Å². The van der Waals surface area contributed by atoms with Crippen LogP contribution in [0.5, 0.6) is 0 Å². The van der Waals surface area contributed by atoms with Gasteiger partial charge in [-0.25, -0.2) is 0 Å². The van der Waals surface area contributed by atoms with Crippen LogP contribution in [0, 0.1) is 0 Å². The highest BCUT2D eigenvalue weighted by Crippen LogP contribution is 2.39. The third-order valence-corrected chi connectivity index (χ3v) is 4.30. The van der Waals surface area contributed by atoms with Crippen molar-refractivity contribution in [1.82, 2.24) is 0 Å². The van der Waals surface area contributed by atoms with Crippen LogP contribution in [0.1, 0.15) is 0 Å². The number of rotatable bonds is 3. The van der Waals surface area contributed by atoms with Crippen molar-refractivity contribution in [2.75, 3.05) is 6.66 Å². The summed E-state index contributed by atoms with van der Waals surface area (Å²) in [5.74, 6) is 0. The number of benzene rings is 4. The van der Waals surface area contributed by atoms with E-state index >= 15 is 0 Å². The van der Waals surface area contributed by atoms with Gasteiger partial charge in [0.15, 0.2) is 0 Å². The highest BCUT2D eigenvalue weighted by Gasteiger charge is 2.13. The summed E-state index contributed by atoms with van der Waals surface area (Å²) in [6.07, 6.45) is 0. The van der Waals surface area contributed by atoms with E-state index in [1.54, 1.807) is 0 Å². The molecule has 0 amide bonds. The fraction of sp³-hybridized carbons (Fsp3) is 0.0400. The van der Waals surface area contributed by atoms with E-state index in [2.05, 4.69) is 118 Å². The molecule has 1 unspecified atom stereocenters.